The molecule has 0 aliphatic carbocycles. The molecule has 5 nitrogen and oxygen atoms in total. The third kappa shape index (κ3) is 3.16. The second-order valence-electron chi connectivity index (χ2n) is 7.28. The van der Waals surface area contributed by atoms with Crippen LogP contribution in [0.3, 0.4) is 0 Å². The summed E-state index contributed by atoms with van der Waals surface area (Å²) in [6, 6.07) is 14.6. The molecule has 2 amide bonds. The van der Waals surface area contributed by atoms with Crippen LogP contribution in [-0.2, 0) is 9.59 Å². The van der Waals surface area contributed by atoms with E-state index >= 15 is 0 Å². The first-order valence-electron chi connectivity index (χ1n) is 9.38. The Morgan fingerprint density at radius 2 is 1.61 bits per heavy atom. The van der Waals surface area contributed by atoms with Gasteiger partial charge in [0, 0.05) is 37.9 Å². The van der Waals surface area contributed by atoms with E-state index in [1.807, 2.05) is 42.1 Å². The van der Waals surface area contributed by atoms with Crippen LogP contribution in [-0.4, -0.2) is 43.9 Å². The summed E-state index contributed by atoms with van der Waals surface area (Å²) in [4.78, 5) is 32.1. The van der Waals surface area contributed by atoms with Gasteiger partial charge in [-0.2, -0.15) is 0 Å². The van der Waals surface area contributed by atoms with Crippen LogP contribution >= 0.6 is 11.6 Å². The van der Waals surface area contributed by atoms with Crippen molar-refractivity contribution in [2.24, 2.45) is 0 Å². The first-order chi connectivity index (χ1) is 13.5. The highest BCUT2D eigenvalue weighted by atomic mass is 35.5. The first kappa shape index (κ1) is 18.6. The number of rotatable bonds is 4. The van der Waals surface area contributed by atoms with Gasteiger partial charge in [0.15, 0.2) is 0 Å². The minimum Gasteiger partial charge on any atom is -0.378 e. The molecular formula is C22H22ClN3O2. The standard InChI is InChI=1S/C22H22ClN3O2/c1-24(2)17-6-5-7-18(14-17)26-21(27)19(15-8-10-16(23)11-9-15)20(22(26)28)25-12-3-4-13-25/h5-11,14H,3-4,12-13H2,1-2H3. The molecule has 6 heteroatoms. The molecule has 1 fully saturated rings. The second kappa shape index (κ2) is 7.32. The zero-order valence-corrected chi connectivity index (χ0v) is 16.7. The largest absolute Gasteiger partial charge is 0.378 e. The highest BCUT2D eigenvalue weighted by Crippen LogP contribution is 2.37. The van der Waals surface area contributed by atoms with Gasteiger partial charge in [0.2, 0.25) is 0 Å². The van der Waals surface area contributed by atoms with Crippen molar-refractivity contribution in [3.63, 3.8) is 0 Å². The van der Waals surface area contributed by atoms with Crippen molar-refractivity contribution in [3.8, 4) is 0 Å². The molecule has 0 aromatic heterocycles. The molecule has 0 unspecified atom stereocenters. The summed E-state index contributed by atoms with van der Waals surface area (Å²) in [6.45, 7) is 1.58. The Labute approximate surface area is 169 Å². The molecule has 0 spiro atoms. The number of halogens is 1. The fraction of sp³-hybridized carbons (Fsp3) is 0.273. The van der Waals surface area contributed by atoms with Gasteiger partial charge in [-0.05, 0) is 48.7 Å². The molecule has 2 aliphatic rings. The molecule has 2 heterocycles. The molecule has 2 aromatic rings. The smallest absolute Gasteiger partial charge is 0.282 e. The quantitative estimate of drug-likeness (QED) is 0.739. The van der Waals surface area contributed by atoms with Gasteiger partial charge in [0.25, 0.3) is 11.8 Å². The van der Waals surface area contributed by atoms with Gasteiger partial charge < -0.3 is 9.80 Å². The SMILES string of the molecule is CN(C)c1cccc(N2C(=O)C(c3ccc(Cl)cc3)=C(N3CCCC3)C2=O)c1. The van der Waals surface area contributed by atoms with Gasteiger partial charge in [-0.15, -0.1) is 0 Å². The van der Waals surface area contributed by atoms with Crippen molar-refractivity contribution in [2.75, 3.05) is 37.0 Å². The predicted octanol–water partition coefficient (Wildman–Crippen LogP) is 3.79. The van der Waals surface area contributed by atoms with Gasteiger partial charge >= 0.3 is 0 Å². The molecule has 0 bridgehead atoms. The molecule has 4 rings (SSSR count). The Morgan fingerprint density at radius 3 is 2.25 bits per heavy atom. The number of carbonyl (C=O) groups is 2. The Morgan fingerprint density at radius 1 is 0.929 bits per heavy atom. The van der Waals surface area contributed by atoms with Crippen LogP contribution in [0.5, 0.6) is 0 Å². The number of hydrogen-bond donors (Lipinski definition) is 0. The normalized spacial score (nSPS) is 17.1. The molecule has 1 saturated heterocycles. The molecule has 0 atom stereocenters. The van der Waals surface area contributed by atoms with E-state index in [4.69, 9.17) is 11.6 Å². The average molecular weight is 396 g/mol. The summed E-state index contributed by atoms with van der Waals surface area (Å²) in [7, 11) is 3.86. The lowest BCUT2D eigenvalue weighted by Crippen LogP contribution is -2.34. The van der Waals surface area contributed by atoms with Crippen LogP contribution in [0.2, 0.25) is 5.02 Å². The monoisotopic (exact) mass is 395 g/mol. The minimum atomic E-state index is -0.287. The van der Waals surface area contributed by atoms with Gasteiger partial charge in [0.05, 0.1) is 11.3 Å². The van der Waals surface area contributed by atoms with Crippen LogP contribution in [0.4, 0.5) is 11.4 Å². The Balaban J connectivity index is 1.81. The average Bonchev–Trinajstić information content (AvgIpc) is 3.29. The van der Waals surface area contributed by atoms with Crippen LogP contribution in [0.1, 0.15) is 18.4 Å². The molecule has 28 heavy (non-hydrogen) atoms. The van der Waals surface area contributed by atoms with E-state index < -0.39 is 0 Å². The highest BCUT2D eigenvalue weighted by Gasteiger charge is 2.43. The van der Waals surface area contributed by atoms with Gasteiger partial charge in [-0.1, -0.05) is 29.8 Å². The van der Waals surface area contributed by atoms with Crippen molar-refractivity contribution < 1.29 is 9.59 Å². The molecular weight excluding hydrogens is 374 g/mol. The maximum Gasteiger partial charge on any atom is 0.282 e. The third-order valence-corrected chi connectivity index (χ3v) is 5.47. The van der Waals surface area contributed by atoms with Crippen molar-refractivity contribution in [3.05, 3.63) is 64.8 Å². The second-order valence-corrected chi connectivity index (χ2v) is 7.72. The molecule has 2 aromatic carbocycles. The molecule has 0 radical (unpaired) electrons. The lowest BCUT2D eigenvalue weighted by Gasteiger charge is -2.21. The van der Waals surface area contributed by atoms with E-state index in [1.165, 1.54) is 4.90 Å². The van der Waals surface area contributed by atoms with Crippen molar-refractivity contribution in [1.29, 1.82) is 0 Å². The molecule has 0 saturated carbocycles. The Kier molecular flexibility index (Phi) is 4.85. The van der Waals surface area contributed by atoms with E-state index in [9.17, 15) is 9.59 Å². The maximum absolute atomic E-state index is 13.4. The number of likely N-dealkylation sites (tertiary alicyclic amines) is 1. The van der Waals surface area contributed by atoms with Crippen LogP contribution in [0.15, 0.2) is 54.2 Å². The van der Waals surface area contributed by atoms with Gasteiger partial charge in [-0.3, -0.25) is 9.59 Å². The summed E-state index contributed by atoms with van der Waals surface area (Å²) in [5, 5.41) is 0.597. The van der Waals surface area contributed by atoms with Crippen molar-refractivity contribution in [2.45, 2.75) is 12.8 Å². The van der Waals surface area contributed by atoms with Gasteiger partial charge in [0.1, 0.15) is 5.70 Å². The third-order valence-electron chi connectivity index (χ3n) is 5.22. The number of nitrogens with zero attached hydrogens (tertiary/aromatic N) is 3. The zero-order valence-electron chi connectivity index (χ0n) is 16.0. The van der Waals surface area contributed by atoms with E-state index in [0.29, 0.717) is 22.0 Å². The van der Waals surface area contributed by atoms with Crippen LogP contribution in [0.25, 0.3) is 5.57 Å². The van der Waals surface area contributed by atoms with Crippen molar-refractivity contribution in [1.82, 2.24) is 4.90 Å². The van der Waals surface area contributed by atoms with Crippen molar-refractivity contribution >= 4 is 40.4 Å². The fourth-order valence-corrected chi connectivity index (χ4v) is 3.90. The summed E-state index contributed by atoms with van der Waals surface area (Å²) in [5.74, 6) is -0.544. The minimum absolute atomic E-state index is 0.257. The Bertz CT molecular complexity index is 960. The van der Waals surface area contributed by atoms with E-state index in [0.717, 1.165) is 37.2 Å². The van der Waals surface area contributed by atoms with Gasteiger partial charge in [-0.25, -0.2) is 4.90 Å². The lowest BCUT2D eigenvalue weighted by atomic mass is 10.0. The first-order valence-corrected chi connectivity index (χ1v) is 9.76. The number of imide groups is 1. The molecule has 0 N–H and O–H groups in total. The number of anilines is 2. The number of amides is 2. The summed E-state index contributed by atoms with van der Waals surface area (Å²) >= 11 is 6.03. The van der Waals surface area contributed by atoms with Crippen LogP contribution in [0, 0.1) is 0 Å². The fourth-order valence-electron chi connectivity index (χ4n) is 3.77. The van der Waals surface area contributed by atoms with E-state index in [2.05, 4.69) is 0 Å². The number of hydrogen-bond acceptors (Lipinski definition) is 4. The maximum atomic E-state index is 13.4. The number of benzene rings is 2. The molecule has 2 aliphatic heterocycles. The van der Waals surface area contributed by atoms with Crippen LogP contribution < -0.4 is 9.80 Å². The Hall–Kier alpha value is -2.79. The summed E-state index contributed by atoms with van der Waals surface area (Å²) in [5.41, 5.74) is 3.19. The van der Waals surface area contributed by atoms with E-state index in [-0.39, 0.29) is 11.8 Å². The summed E-state index contributed by atoms with van der Waals surface area (Å²) in [6.07, 6.45) is 2.05. The lowest BCUT2D eigenvalue weighted by molar-refractivity contribution is -0.120. The predicted molar refractivity (Wildman–Crippen MR) is 112 cm³/mol. The molecule has 144 valence electrons. The van der Waals surface area contributed by atoms with E-state index in [1.54, 1.807) is 30.3 Å². The zero-order chi connectivity index (χ0) is 19.8. The topological polar surface area (TPSA) is 43.9 Å². The summed E-state index contributed by atoms with van der Waals surface area (Å²) < 4.78 is 0. The highest BCUT2D eigenvalue weighted by molar-refractivity contribution is 6.45. The number of carbonyl (C=O) groups excluding carboxylic acids is 2.